The summed E-state index contributed by atoms with van der Waals surface area (Å²) in [4.78, 5) is 10.8. The Balaban J connectivity index is 0. The van der Waals surface area contributed by atoms with Gasteiger partial charge in [-0.1, -0.05) is 0 Å². The second-order valence-corrected chi connectivity index (χ2v) is 4.07. The first-order valence-electron chi connectivity index (χ1n) is 3.51. The van der Waals surface area contributed by atoms with E-state index in [0.29, 0.717) is 0 Å². The number of hydrogen-bond acceptors (Lipinski definition) is 4. The van der Waals surface area contributed by atoms with Gasteiger partial charge in [-0.2, -0.15) is 0 Å². The van der Waals surface area contributed by atoms with Crippen molar-refractivity contribution in [3.05, 3.63) is 0 Å². The van der Waals surface area contributed by atoms with Crippen LogP contribution < -0.4 is 56.3 Å². The van der Waals surface area contributed by atoms with Gasteiger partial charge in [0, 0.05) is 0 Å². The molecule has 0 aliphatic rings. The van der Waals surface area contributed by atoms with Crippen LogP contribution in [0, 0.1) is 0 Å². The van der Waals surface area contributed by atoms with Crippen molar-refractivity contribution in [2.75, 3.05) is 0 Å². The first-order valence-corrected chi connectivity index (χ1v) is 4.97. The molecule has 0 bridgehead atoms. The van der Waals surface area contributed by atoms with Gasteiger partial charge >= 0.3 is 51.4 Å². The summed E-state index contributed by atoms with van der Waals surface area (Å²) in [5, 5.41) is 0. The normalized spacial score (nSPS) is 11.9. The molecule has 6 heteroatoms. The topological polar surface area (TPSA) is 58.6 Å². The van der Waals surface area contributed by atoms with E-state index in [0.717, 1.165) is 0 Å². The maximum absolute atomic E-state index is 10.8. The predicted octanol–water partition coefficient (Wildman–Crippen LogP) is -1.69. The quantitative estimate of drug-likeness (QED) is 0.419. The molecule has 4 nitrogen and oxygen atoms in total. The molecule has 0 amide bonds. The van der Waals surface area contributed by atoms with Gasteiger partial charge in [-0.25, -0.2) is 0 Å². The predicted molar refractivity (Wildman–Crippen MR) is 40.0 cm³/mol. The Morgan fingerprint density at radius 3 is 1.50 bits per heavy atom. The van der Waals surface area contributed by atoms with Crippen molar-refractivity contribution in [3.63, 3.8) is 0 Å². The van der Waals surface area contributed by atoms with Crippen LogP contribution in [0.15, 0.2) is 0 Å². The number of rotatable bonds is 4. The monoisotopic (exact) mass is 220 g/mol. The average Bonchev–Trinajstić information content (AvgIpc) is 1.53. The molecule has 0 unspecified atom stereocenters. The molecule has 0 rings (SSSR count). The summed E-state index contributed by atoms with van der Waals surface area (Å²) in [7, 11) is -4.05. The molecule has 0 spiro atoms. The Hall–Kier alpha value is 1.75. The molecule has 0 aliphatic carbocycles. The van der Waals surface area contributed by atoms with Gasteiger partial charge < -0.3 is 13.9 Å². The zero-order valence-electron chi connectivity index (χ0n) is 8.23. The van der Waals surface area contributed by atoms with Gasteiger partial charge in [-0.05, 0) is 27.7 Å². The largest absolute Gasteiger partial charge is 1.00 e. The van der Waals surface area contributed by atoms with E-state index in [9.17, 15) is 9.46 Å². The Bertz CT molecular complexity index is 146. The van der Waals surface area contributed by atoms with Gasteiger partial charge in [0.25, 0.3) is 7.82 Å². The number of hydrogen-bond donors (Lipinski definition) is 0. The molecule has 0 radical (unpaired) electrons. The minimum atomic E-state index is -4.05. The maximum atomic E-state index is 10.8. The fourth-order valence-electron chi connectivity index (χ4n) is 0.541. The summed E-state index contributed by atoms with van der Waals surface area (Å²) in [6, 6.07) is 0. The first-order chi connectivity index (χ1) is 4.83. The Morgan fingerprint density at radius 1 is 1.08 bits per heavy atom. The molecule has 0 aliphatic heterocycles. The van der Waals surface area contributed by atoms with Crippen molar-refractivity contribution >= 4 is 7.82 Å². The van der Waals surface area contributed by atoms with Crippen molar-refractivity contribution in [3.8, 4) is 0 Å². The van der Waals surface area contributed by atoms with E-state index in [-0.39, 0.29) is 63.6 Å². The van der Waals surface area contributed by atoms with Crippen LogP contribution in [0.5, 0.6) is 0 Å². The van der Waals surface area contributed by atoms with E-state index >= 15 is 0 Å². The van der Waals surface area contributed by atoms with E-state index < -0.39 is 7.82 Å². The van der Waals surface area contributed by atoms with Crippen LogP contribution in [-0.4, -0.2) is 12.2 Å². The van der Waals surface area contributed by atoms with Crippen LogP contribution in [0.25, 0.3) is 0 Å². The molecule has 0 aromatic heterocycles. The third-order valence-corrected chi connectivity index (χ3v) is 2.04. The molecule has 0 aromatic rings. The first kappa shape index (κ1) is 16.2. The third kappa shape index (κ3) is 9.83. The second-order valence-electron chi connectivity index (χ2n) is 2.76. The van der Waals surface area contributed by atoms with Gasteiger partial charge in [0.05, 0.1) is 12.2 Å². The zero-order chi connectivity index (χ0) is 9.07. The summed E-state index contributed by atoms with van der Waals surface area (Å²) in [5.74, 6) is 0. The van der Waals surface area contributed by atoms with Crippen LogP contribution in [0.4, 0.5) is 0 Å². The van der Waals surface area contributed by atoms with Crippen LogP contribution in [0.1, 0.15) is 27.7 Å². The zero-order valence-corrected chi connectivity index (χ0v) is 12.3. The van der Waals surface area contributed by atoms with E-state index in [2.05, 4.69) is 9.05 Å². The summed E-state index contributed by atoms with van der Waals surface area (Å²) >= 11 is 0. The molecule has 0 fully saturated rings. The van der Waals surface area contributed by atoms with Gasteiger partial charge in [0.1, 0.15) is 0 Å². The SMILES string of the molecule is CC(C)OP(=O)([O-])OC(C)C.[K+]. The smallest absolute Gasteiger partial charge is 0.756 e. The van der Waals surface area contributed by atoms with E-state index in [1.807, 2.05) is 0 Å². The molecule has 0 saturated heterocycles. The van der Waals surface area contributed by atoms with Crippen LogP contribution in [0.2, 0.25) is 0 Å². The number of phosphoric ester groups is 1. The van der Waals surface area contributed by atoms with Gasteiger partial charge in [0.15, 0.2) is 0 Å². The van der Waals surface area contributed by atoms with Crippen LogP contribution in [0.3, 0.4) is 0 Å². The van der Waals surface area contributed by atoms with E-state index in [1.165, 1.54) is 0 Å². The Kier molecular flexibility index (Phi) is 9.57. The molecular weight excluding hydrogens is 206 g/mol. The average molecular weight is 220 g/mol. The van der Waals surface area contributed by atoms with Crippen molar-refractivity contribution in [2.45, 2.75) is 39.9 Å². The standard InChI is InChI=1S/C6H15O4P.K/c1-5(2)9-11(7,8)10-6(3)4;/h5-6H,1-4H3,(H,7,8);/q;+1/p-1. The molecule has 0 saturated carbocycles. The molecule has 0 heterocycles. The van der Waals surface area contributed by atoms with Crippen molar-refractivity contribution in [2.24, 2.45) is 0 Å². The van der Waals surface area contributed by atoms with Crippen molar-refractivity contribution in [1.29, 1.82) is 0 Å². The summed E-state index contributed by atoms with van der Waals surface area (Å²) in [6.45, 7) is 6.53. The van der Waals surface area contributed by atoms with Crippen molar-refractivity contribution < 1.29 is 69.9 Å². The fourth-order valence-corrected chi connectivity index (χ4v) is 1.62. The molecular formula is C6H14KO4P. The third-order valence-electron chi connectivity index (χ3n) is 0.680. The van der Waals surface area contributed by atoms with Crippen molar-refractivity contribution in [1.82, 2.24) is 0 Å². The molecule has 0 N–H and O–H groups in total. The summed E-state index contributed by atoms with van der Waals surface area (Å²) in [5.41, 5.74) is 0. The van der Waals surface area contributed by atoms with Crippen LogP contribution in [-0.2, 0) is 13.6 Å². The summed E-state index contributed by atoms with van der Waals surface area (Å²) in [6.07, 6.45) is -0.728. The molecule has 68 valence electrons. The fraction of sp³-hybridized carbons (Fsp3) is 1.00. The van der Waals surface area contributed by atoms with E-state index in [4.69, 9.17) is 0 Å². The van der Waals surface area contributed by atoms with Gasteiger partial charge in [-0.15, -0.1) is 0 Å². The van der Waals surface area contributed by atoms with Gasteiger partial charge in [0.2, 0.25) is 0 Å². The molecule has 12 heavy (non-hydrogen) atoms. The molecule has 0 atom stereocenters. The van der Waals surface area contributed by atoms with Gasteiger partial charge in [-0.3, -0.25) is 4.57 Å². The Morgan fingerprint density at radius 2 is 1.33 bits per heavy atom. The van der Waals surface area contributed by atoms with Crippen LogP contribution >= 0.6 is 7.82 Å². The number of phosphoric acid groups is 1. The minimum absolute atomic E-state index is 0. The minimum Gasteiger partial charge on any atom is -0.756 e. The maximum Gasteiger partial charge on any atom is 1.00 e. The Labute approximate surface area is 116 Å². The second kappa shape index (κ2) is 7.09. The molecule has 0 aromatic carbocycles. The van der Waals surface area contributed by atoms with E-state index in [1.54, 1.807) is 27.7 Å². The summed E-state index contributed by atoms with van der Waals surface area (Å²) < 4.78 is 19.9.